The zero-order chi connectivity index (χ0) is 22.1. The molecule has 2 aromatic carbocycles. The van der Waals surface area contributed by atoms with Crippen molar-refractivity contribution >= 4 is 11.9 Å². The van der Waals surface area contributed by atoms with E-state index in [-0.39, 0.29) is 5.91 Å². The van der Waals surface area contributed by atoms with E-state index in [4.69, 9.17) is 9.73 Å². The second kappa shape index (κ2) is 11.4. The number of guanidine groups is 1. The van der Waals surface area contributed by atoms with Gasteiger partial charge in [0.15, 0.2) is 5.96 Å². The van der Waals surface area contributed by atoms with Gasteiger partial charge in [0.2, 0.25) is 0 Å². The molecule has 3 N–H and O–H groups in total. The zero-order valence-electron chi connectivity index (χ0n) is 18.8. The molecule has 0 unspecified atom stereocenters. The lowest BCUT2D eigenvalue weighted by Crippen LogP contribution is -2.36. The number of amides is 1. The van der Waals surface area contributed by atoms with Crippen molar-refractivity contribution in [3.8, 4) is 5.75 Å². The Bertz CT molecular complexity index is 889. The Balaban J connectivity index is 1.60. The summed E-state index contributed by atoms with van der Waals surface area (Å²) in [6, 6.07) is 13.9. The number of aliphatic imine (C=N–C) groups is 1. The SMILES string of the molecule is CCNC(=O)c1ccc(CN=C(NCC)NCc2ccc(C)cc2OCC2CC2)cc1. The number of hydrogen-bond donors (Lipinski definition) is 3. The number of hydrogen-bond acceptors (Lipinski definition) is 3. The predicted octanol–water partition coefficient (Wildman–Crippen LogP) is 3.79. The first kappa shape index (κ1) is 22.7. The average Bonchev–Trinajstić information content (AvgIpc) is 3.60. The molecule has 3 rings (SSSR count). The van der Waals surface area contributed by atoms with Crippen LogP contribution in [0.15, 0.2) is 47.5 Å². The van der Waals surface area contributed by atoms with E-state index < -0.39 is 0 Å². The molecule has 1 aliphatic rings. The fraction of sp³-hybridized carbons (Fsp3) is 0.440. The van der Waals surface area contributed by atoms with E-state index in [2.05, 4.69) is 41.1 Å². The highest BCUT2D eigenvalue weighted by Gasteiger charge is 2.22. The van der Waals surface area contributed by atoms with E-state index in [0.29, 0.717) is 25.2 Å². The van der Waals surface area contributed by atoms with E-state index in [1.165, 1.54) is 18.4 Å². The van der Waals surface area contributed by atoms with E-state index in [1.54, 1.807) is 0 Å². The first-order valence-corrected chi connectivity index (χ1v) is 11.2. The van der Waals surface area contributed by atoms with Gasteiger partial charge >= 0.3 is 0 Å². The molecule has 0 heterocycles. The summed E-state index contributed by atoms with van der Waals surface area (Å²) in [5, 5.41) is 9.52. The standard InChI is InChI=1S/C25H34N4O2/c1-4-26-24(30)21-12-9-19(10-13-21)15-28-25(27-5-2)29-16-22-11-6-18(3)14-23(22)31-17-20-7-8-20/h6,9-14,20H,4-5,7-8,15-17H2,1-3H3,(H,26,30)(H2,27,28,29). The second-order valence-corrected chi connectivity index (χ2v) is 7.97. The molecule has 6 heteroatoms. The van der Waals surface area contributed by atoms with E-state index >= 15 is 0 Å². The van der Waals surface area contributed by atoms with E-state index in [0.717, 1.165) is 41.9 Å². The van der Waals surface area contributed by atoms with Gasteiger partial charge in [-0.1, -0.05) is 24.3 Å². The molecule has 1 aliphatic carbocycles. The fourth-order valence-electron chi connectivity index (χ4n) is 3.15. The Labute approximate surface area is 185 Å². The van der Waals surface area contributed by atoms with Crippen LogP contribution in [0.2, 0.25) is 0 Å². The molecule has 0 aromatic heterocycles. The minimum atomic E-state index is -0.0506. The van der Waals surface area contributed by atoms with Crippen LogP contribution < -0.4 is 20.7 Å². The molecule has 0 bridgehead atoms. The number of carbonyl (C=O) groups is 1. The quantitative estimate of drug-likeness (QED) is 0.402. The molecule has 1 amide bonds. The molecule has 166 valence electrons. The van der Waals surface area contributed by atoms with Gasteiger partial charge in [-0.3, -0.25) is 4.79 Å². The number of nitrogens with zero attached hydrogens (tertiary/aromatic N) is 1. The molecule has 0 radical (unpaired) electrons. The Kier molecular flexibility index (Phi) is 8.33. The second-order valence-electron chi connectivity index (χ2n) is 7.97. The van der Waals surface area contributed by atoms with Gasteiger partial charge in [-0.15, -0.1) is 0 Å². The number of aryl methyl sites for hydroxylation is 1. The van der Waals surface area contributed by atoms with Gasteiger partial charge in [0.1, 0.15) is 5.75 Å². The highest BCUT2D eigenvalue weighted by molar-refractivity contribution is 5.94. The molecular weight excluding hydrogens is 388 g/mol. The molecule has 2 aromatic rings. The maximum absolute atomic E-state index is 11.9. The molecular formula is C25H34N4O2. The van der Waals surface area contributed by atoms with Crippen molar-refractivity contribution in [2.45, 2.75) is 46.7 Å². The van der Waals surface area contributed by atoms with Crippen molar-refractivity contribution in [2.75, 3.05) is 19.7 Å². The van der Waals surface area contributed by atoms with Gasteiger partial charge in [0.05, 0.1) is 13.2 Å². The predicted molar refractivity (Wildman–Crippen MR) is 126 cm³/mol. The van der Waals surface area contributed by atoms with Gasteiger partial charge in [0.25, 0.3) is 5.91 Å². The highest BCUT2D eigenvalue weighted by Crippen LogP contribution is 2.30. The number of nitrogens with one attached hydrogen (secondary N) is 3. The summed E-state index contributed by atoms with van der Waals surface area (Å²) >= 11 is 0. The van der Waals surface area contributed by atoms with E-state index in [9.17, 15) is 4.79 Å². The number of carbonyl (C=O) groups excluding carboxylic acids is 1. The van der Waals surface area contributed by atoms with Crippen LogP contribution in [0.1, 0.15) is 53.7 Å². The van der Waals surface area contributed by atoms with Crippen LogP contribution in [0.4, 0.5) is 0 Å². The third-order valence-electron chi connectivity index (χ3n) is 5.16. The van der Waals surface area contributed by atoms with Crippen molar-refractivity contribution in [3.63, 3.8) is 0 Å². The lowest BCUT2D eigenvalue weighted by Gasteiger charge is -2.15. The minimum absolute atomic E-state index is 0.0506. The number of benzene rings is 2. The Morgan fingerprint density at radius 1 is 1.03 bits per heavy atom. The van der Waals surface area contributed by atoms with Gasteiger partial charge in [-0.05, 0) is 68.9 Å². The average molecular weight is 423 g/mol. The summed E-state index contributed by atoms with van der Waals surface area (Å²) in [5.74, 6) is 2.38. The van der Waals surface area contributed by atoms with Crippen LogP contribution in [-0.4, -0.2) is 31.6 Å². The zero-order valence-corrected chi connectivity index (χ0v) is 18.8. The van der Waals surface area contributed by atoms with Gasteiger partial charge in [-0.2, -0.15) is 0 Å². The van der Waals surface area contributed by atoms with E-state index in [1.807, 2.05) is 38.1 Å². The van der Waals surface area contributed by atoms with Crippen LogP contribution in [0.25, 0.3) is 0 Å². The summed E-state index contributed by atoms with van der Waals surface area (Å²) in [7, 11) is 0. The van der Waals surface area contributed by atoms with Crippen LogP contribution in [0, 0.1) is 12.8 Å². The first-order chi connectivity index (χ1) is 15.1. The van der Waals surface area contributed by atoms with Crippen molar-refractivity contribution < 1.29 is 9.53 Å². The third-order valence-corrected chi connectivity index (χ3v) is 5.16. The van der Waals surface area contributed by atoms with Crippen LogP contribution in [0.5, 0.6) is 5.75 Å². The van der Waals surface area contributed by atoms with Crippen LogP contribution in [0.3, 0.4) is 0 Å². The number of rotatable bonds is 10. The Morgan fingerprint density at radius 2 is 1.77 bits per heavy atom. The van der Waals surface area contributed by atoms with Crippen LogP contribution >= 0.6 is 0 Å². The fourth-order valence-corrected chi connectivity index (χ4v) is 3.15. The van der Waals surface area contributed by atoms with Crippen molar-refractivity contribution in [1.82, 2.24) is 16.0 Å². The molecule has 6 nitrogen and oxygen atoms in total. The van der Waals surface area contributed by atoms with Crippen LogP contribution in [-0.2, 0) is 13.1 Å². The largest absolute Gasteiger partial charge is 0.493 e. The lowest BCUT2D eigenvalue weighted by molar-refractivity contribution is 0.0956. The molecule has 31 heavy (non-hydrogen) atoms. The molecule has 1 fully saturated rings. The summed E-state index contributed by atoms with van der Waals surface area (Å²) in [6.07, 6.45) is 2.56. The Hall–Kier alpha value is -3.02. The monoisotopic (exact) mass is 422 g/mol. The maximum atomic E-state index is 11.9. The molecule has 0 aliphatic heterocycles. The summed E-state index contributed by atoms with van der Waals surface area (Å²) < 4.78 is 6.08. The molecule has 1 saturated carbocycles. The van der Waals surface area contributed by atoms with Crippen molar-refractivity contribution in [2.24, 2.45) is 10.9 Å². The van der Waals surface area contributed by atoms with Crippen molar-refractivity contribution in [3.05, 3.63) is 64.7 Å². The normalized spacial score (nSPS) is 13.6. The first-order valence-electron chi connectivity index (χ1n) is 11.2. The smallest absolute Gasteiger partial charge is 0.251 e. The van der Waals surface area contributed by atoms with Crippen molar-refractivity contribution in [1.29, 1.82) is 0 Å². The minimum Gasteiger partial charge on any atom is -0.493 e. The summed E-state index contributed by atoms with van der Waals surface area (Å²) in [5.41, 5.74) is 4.04. The molecule has 0 spiro atoms. The van der Waals surface area contributed by atoms with Gasteiger partial charge in [0, 0.05) is 30.8 Å². The summed E-state index contributed by atoms with van der Waals surface area (Å²) in [6.45, 7) is 9.42. The number of ether oxygens (including phenoxy) is 1. The highest BCUT2D eigenvalue weighted by atomic mass is 16.5. The van der Waals surface area contributed by atoms with Gasteiger partial charge < -0.3 is 20.7 Å². The molecule has 0 atom stereocenters. The lowest BCUT2D eigenvalue weighted by atomic mass is 10.1. The topological polar surface area (TPSA) is 74.8 Å². The van der Waals surface area contributed by atoms with Gasteiger partial charge in [-0.25, -0.2) is 4.99 Å². The summed E-state index contributed by atoms with van der Waals surface area (Å²) in [4.78, 5) is 16.6. The molecule has 0 saturated heterocycles. The Morgan fingerprint density at radius 3 is 2.45 bits per heavy atom. The third kappa shape index (κ3) is 7.31. The maximum Gasteiger partial charge on any atom is 0.251 e.